The summed E-state index contributed by atoms with van der Waals surface area (Å²) in [5.41, 5.74) is 7.65. The average Bonchev–Trinajstić information content (AvgIpc) is 2.72. The predicted octanol–water partition coefficient (Wildman–Crippen LogP) is 2.01. The highest BCUT2D eigenvalue weighted by Crippen LogP contribution is 2.20. The molecule has 0 saturated carbocycles. The third-order valence-corrected chi connectivity index (χ3v) is 4.99. The molecule has 2 heterocycles. The van der Waals surface area contributed by atoms with E-state index >= 15 is 0 Å². The Morgan fingerprint density at radius 3 is 2.37 bits per heavy atom. The second-order valence-electron chi connectivity index (χ2n) is 6.59. The topological polar surface area (TPSA) is 106 Å². The van der Waals surface area contributed by atoms with Crippen LogP contribution < -0.4 is 16.4 Å². The van der Waals surface area contributed by atoms with Crippen molar-refractivity contribution in [3.63, 3.8) is 0 Å². The van der Waals surface area contributed by atoms with Crippen LogP contribution in [0.15, 0.2) is 64.7 Å². The number of hydrazine groups is 1. The zero-order valence-corrected chi connectivity index (χ0v) is 17.4. The summed E-state index contributed by atoms with van der Waals surface area (Å²) in [5, 5.41) is 0.717. The van der Waals surface area contributed by atoms with Crippen molar-refractivity contribution in [2.24, 2.45) is 0 Å². The molecule has 2 N–H and O–H groups in total. The highest BCUT2D eigenvalue weighted by atomic mass is 32.2. The second-order valence-corrected chi connectivity index (χ2v) is 7.53. The molecule has 9 heteroatoms. The van der Waals surface area contributed by atoms with E-state index in [0.717, 1.165) is 22.1 Å². The number of nitrogens with one attached hydrogen (secondary N) is 2. The highest BCUT2D eigenvalue weighted by molar-refractivity contribution is 7.98. The molecule has 0 spiro atoms. The lowest BCUT2D eigenvalue weighted by Crippen LogP contribution is -2.44. The first-order chi connectivity index (χ1) is 14.4. The van der Waals surface area contributed by atoms with Gasteiger partial charge in [0.15, 0.2) is 5.16 Å². The van der Waals surface area contributed by atoms with Crippen molar-refractivity contribution in [1.29, 1.82) is 0 Å². The number of hydrogen-bond acceptors (Lipinski definition) is 6. The molecule has 0 aliphatic heterocycles. The molecule has 30 heavy (non-hydrogen) atoms. The van der Waals surface area contributed by atoms with Crippen molar-refractivity contribution >= 4 is 23.6 Å². The molecule has 0 unspecified atom stereocenters. The molecule has 0 saturated heterocycles. The van der Waals surface area contributed by atoms with E-state index in [1.165, 1.54) is 28.6 Å². The van der Waals surface area contributed by atoms with Crippen molar-refractivity contribution in [3.8, 4) is 0 Å². The molecule has 8 nitrogen and oxygen atoms in total. The van der Waals surface area contributed by atoms with E-state index in [0.29, 0.717) is 11.3 Å². The molecule has 0 atom stereocenters. The smallest absolute Gasteiger partial charge is 0.269 e. The number of amides is 2. The van der Waals surface area contributed by atoms with Crippen LogP contribution in [0.1, 0.15) is 27.3 Å². The third-order valence-electron chi connectivity index (χ3n) is 4.07. The molecule has 3 rings (SSSR count). The molecule has 2 amide bonds. The number of carbonyl (C=O) groups is 2. The summed E-state index contributed by atoms with van der Waals surface area (Å²) in [6.07, 6.45) is 1.50. The average molecular weight is 423 g/mol. The normalized spacial score (nSPS) is 10.5. The number of thioether (sulfide) groups is 1. The van der Waals surface area contributed by atoms with Gasteiger partial charge in [-0.25, -0.2) is 9.97 Å². The number of pyridine rings is 1. The Morgan fingerprint density at radius 1 is 1.00 bits per heavy atom. The van der Waals surface area contributed by atoms with Crippen LogP contribution in [0.3, 0.4) is 0 Å². The fourth-order valence-electron chi connectivity index (χ4n) is 2.64. The molecule has 1 aromatic carbocycles. The van der Waals surface area contributed by atoms with Gasteiger partial charge in [0.25, 0.3) is 17.4 Å². The molecular formula is C21H21N5O3S. The van der Waals surface area contributed by atoms with Gasteiger partial charge < -0.3 is 4.57 Å². The highest BCUT2D eigenvalue weighted by Gasteiger charge is 2.09. The number of aryl methyl sites for hydroxylation is 2. The van der Waals surface area contributed by atoms with Crippen LogP contribution in [0.5, 0.6) is 0 Å². The van der Waals surface area contributed by atoms with Crippen LogP contribution in [0.4, 0.5) is 0 Å². The first kappa shape index (κ1) is 21.3. The number of aromatic nitrogens is 3. The molecule has 0 aliphatic rings. The third kappa shape index (κ3) is 6.02. The lowest BCUT2D eigenvalue weighted by atomic mass is 10.1. The van der Waals surface area contributed by atoms with E-state index in [4.69, 9.17) is 0 Å². The van der Waals surface area contributed by atoms with Crippen LogP contribution in [-0.2, 0) is 17.1 Å². The lowest BCUT2D eigenvalue weighted by molar-refractivity contribution is -0.122. The Hall–Kier alpha value is -3.46. The number of rotatable bonds is 6. The van der Waals surface area contributed by atoms with Crippen molar-refractivity contribution < 1.29 is 9.59 Å². The Morgan fingerprint density at radius 2 is 1.70 bits per heavy atom. The molecule has 0 bridgehead atoms. The lowest BCUT2D eigenvalue weighted by Gasteiger charge is -2.09. The zero-order chi connectivity index (χ0) is 21.5. The van der Waals surface area contributed by atoms with Gasteiger partial charge in [0, 0.05) is 35.0 Å². The summed E-state index contributed by atoms with van der Waals surface area (Å²) in [5.74, 6) is -0.272. The first-order valence-corrected chi connectivity index (χ1v) is 10.2. The monoisotopic (exact) mass is 423 g/mol. The van der Waals surface area contributed by atoms with E-state index < -0.39 is 11.8 Å². The maximum absolute atomic E-state index is 12.2. The van der Waals surface area contributed by atoms with Gasteiger partial charge in [-0.2, -0.15) is 0 Å². The quantitative estimate of drug-likeness (QED) is 0.357. The van der Waals surface area contributed by atoms with Gasteiger partial charge in [-0.1, -0.05) is 30.0 Å². The summed E-state index contributed by atoms with van der Waals surface area (Å²) in [6, 6.07) is 13.6. The van der Waals surface area contributed by atoms with Crippen molar-refractivity contribution in [2.45, 2.75) is 31.3 Å². The van der Waals surface area contributed by atoms with Gasteiger partial charge in [-0.05, 0) is 43.7 Å². The van der Waals surface area contributed by atoms with Crippen LogP contribution in [0.2, 0.25) is 0 Å². The van der Waals surface area contributed by atoms with Crippen molar-refractivity contribution in [3.05, 3.63) is 87.6 Å². The van der Waals surface area contributed by atoms with Gasteiger partial charge in [0.1, 0.15) is 6.54 Å². The van der Waals surface area contributed by atoms with Gasteiger partial charge in [0.05, 0.1) is 0 Å². The Labute approximate surface area is 177 Å². The van der Waals surface area contributed by atoms with Gasteiger partial charge >= 0.3 is 0 Å². The fraction of sp³-hybridized carbons (Fsp3) is 0.190. The van der Waals surface area contributed by atoms with E-state index in [2.05, 4.69) is 20.8 Å². The van der Waals surface area contributed by atoms with Gasteiger partial charge in [-0.3, -0.25) is 25.2 Å². The molecule has 3 aromatic rings. The minimum Gasteiger partial charge on any atom is -0.306 e. The largest absolute Gasteiger partial charge is 0.306 e. The van der Waals surface area contributed by atoms with Crippen LogP contribution in [-0.4, -0.2) is 26.3 Å². The Bertz CT molecular complexity index is 1090. The SMILES string of the molecule is Cc1cc(C)nc(SCc2ccc(C(=O)NNC(=O)Cn3ccccc3=O)cc2)n1. The Kier molecular flexibility index (Phi) is 6.97. The van der Waals surface area contributed by atoms with Gasteiger partial charge in [0.2, 0.25) is 0 Å². The number of carbonyl (C=O) groups excluding carboxylic acids is 2. The first-order valence-electron chi connectivity index (χ1n) is 9.19. The minimum atomic E-state index is -0.502. The molecule has 0 radical (unpaired) electrons. The maximum atomic E-state index is 12.2. The van der Waals surface area contributed by atoms with E-state index in [1.807, 2.05) is 32.0 Å². The molecule has 154 valence electrons. The Balaban J connectivity index is 1.50. The molecule has 0 fully saturated rings. The van der Waals surface area contributed by atoms with Crippen LogP contribution >= 0.6 is 11.8 Å². The summed E-state index contributed by atoms with van der Waals surface area (Å²) >= 11 is 1.52. The number of benzene rings is 1. The summed E-state index contributed by atoms with van der Waals surface area (Å²) in [6.45, 7) is 3.68. The number of hydrogen-bond donors (Lipinski definition) is 2. The second kappa shape index (κ2) is 9.84. The maximum Gasteiger partial charge on any atom is 0.269 e. The standard InChI is InChI=1S/C21H21N5O3S/c1-14-11-15(2)23-21(22-14)30-13-16-6-8-17(9-7-16)20(29)25-24-18(27)12-26-10-4-3-5-19(26)28/h3-11H,12-13H2,1-2H3,(H,24,27)(H,25,29). The van der Waals surface area contributed by atoms with Crippen LogP contribution in [0.25, 0.3) is 0 Å². The van der Waals surface area contributed by atoms with E-state index in [9.17, 15) is 14.4 Å². The summed E-state index contributed by atoms with van der Waals surface area (Å²) < 4.78 is 1.24. The van der Waals surface area contributed by atoms with E-state index in [-0.39, 0.29) is 12.1 Å². The number of nitrogens with zero attached hydrogens (tertiary/aromatic N) is 3. The minimum absolute atomic E-state index is 0.184. The summed E-state index contributed by atoms with van der Waals surface area (Å²) in [7, 11) is 0. The molecule has 2 aromatic heterocycles. The van der Waals surface area contributed by atoms with Crippen molar-refractivity contribution in [1.82, 2.24) is 25.4 Å². The predicted molar refractivity (Wildman–Crippen MR) is 114 cm³/mol. The van der Waals surface area contributed by atoms with E-state index in [1.54, 1.807) is 24.3 Å². The molecular weight excluding hydrogens is 402 g/mol. The fourth-order valence-corrected chi connectivity index (χ4v) is 3.55. The van der Waals surface area contributed by atoms with Crippen LogP contribution in [0, 0.1) is 13.8 Å². The van der Waals surface area contributed by atoms with Gasteiger partial charge in [-0.15, -0.1) is 0 Å². The van der Waals surface area contributed by atoms with Crippen molar-refractivity contribution in [2.75, 3.05) is 0 Å². The summed E-state index contributed by atoms with van der Waals surface area (Å²) in [4.78, 5) is 44.5. The zero-order valence-electron chi connectivity index (χ0n) is 16.6. The molecule has 0 aliphatic carbocycles.